The minimum absolute atomic E-state index is 0.0446. The number of aromatic nitrogens is 4. The van der Waals surface area contributed by atoms with Gasteiger partial charge in [0.05, 0.1) is 12.2 Å². The predicted molar refractivity (Wildman–Crippen MR) is 68.0 cm³/mol. The minimum Gasteiger partial charge on any atom is -0.298 e. The zero-order chi connectivity index (χ0) is 13.3. The van der Waals surface area contributed by atoms with Gasteiger partial charge in [-0.25, -0.2) is 4.79 Å². The maximum absolute atomic E-state index is 11.7. The van der Waals surface area contributed by atoms with Crippen LogP contribution in [0, 0.1) is 0 Å². The Balaban J connectivity index is 2.46. The molecule has 0 saturated carbocycles. The summed E-state index contributed by atoms with van der Waals surface area (Å²) in [6, 6.07) is 1.19. The molecule has 0 saturated heterocycles. The maximum Gasteiger partial charge on any atom is 0.329 e. The molecular formula is C11H13ClN4O2. The molecule has 2 heterocycles. The SMILES string of the molecule is CCc1nn(C)cc1Cn1c(=O)cc(Cl)[nH]c1=O. The van der Waals surface area contributed by atoms with E-state index in [2.05, 4.69) is 10.1 Å². The fourth-order valence-electron chi connectivity index (χ4n) is 1.83. The molecule has 0 amide bonds. The molecule has 6 nitrogen and oxygen atoms in total. The number of nitrogens with zero attached hydrogens (tertiary/aromatic N) is 3. The first-order valence-electron chi connectivity index (χ1n) is 5.52. The van der Waals surface area contributed by atoms with Crippen molar-refractivity contribution in [3.05, 3.63) is 49.5 Å². The van der Waals surface area contributed by atoms with E-state index >= 15 is 0 Å². The number of aryl methyl sites for hydroxylation is 2. The van der Waals surface area contributed by atoms with Crippen LogP contribution in [-0.2, 0) is 20.0 Å². The van der Waals surface area contributed by atoms with Gasteiger partial charge >= 0.3 is 5.69 Å². The normalized spacial score (nSPS) is 10.8. The van der Waals surface area contributed by atoms with Crippen LogP contribution in [0.4, 0.5) is 0 Å². The van der Waals surface area contributed by atoms with E-state index in [0.717, 1.165) is 22.2 Å². The third-order valence-electron chi connectivity index (χ3n) is 2.64. The van der Waals surface area contributed by atoms with Crippen LogP contribution in [0.15, 0.2) is 21.9 Å². The van der Waals surface area contributed by atoms with Gasteiger partial charge in [-0.15, -0.1) is 0 Å². The molecule has 0 spiro atoms. The molecule has 2 rings (SSSR count). The second-order valence-electron chi connectivity index (χ2n) is 3.98. The Bertz CT molecular complexity index is 652. The number of nitrogens with one attached hydrogen (secondary N) is 1. The van der Waals surface area contributed by atoms with E-state index in [0.29, 0.717) is 0 Å². The molecular weight excluding hydrogens is 256 g/mol. The highest BCUT2D eigenvalue weighted by Crippen LogP contribution is 2.07. The van der Waals surface area contributed by atoms with E-state index < -0.39 is 11.2 Å². The van der Waals surface area contributed by atoms with Gasteiger partial charge in [0.25, 0.3) is 5.56 Å². The van der Waals surface area contributed by atoms with Crippen LogP contribution in [0.2, 0.25) is 5.15 Å². The molecule has 18 heavy (non-hydrogen) atoms. The van der Waals surface area contributed by atoms with E-state index in [1.165, 1.54) is 6.07 Å². The fraction of sp³-hybridized carbons (Fsp3) is 0.364. The van der Waals surface area contributed by atoms with Gasteiger partial charge in [0, 0.05) is 24.9 Å². The van der Waals surface area contributed by atoms with Crippen molar-refractivity contribution in [3.8, 4) is 0 Å². The number of aromatic amines is 1. The van der Waals surface area contributed by atoms with E-state index in [1.807, 2.05) is 6.92 Å². The van der Waals surface area contributed by atoms with E-state index in [-0.39, 0.29) is 11.7 Å². The van der Waals surface area contributed by atoms with Gasteiger partial charge in [0.1, 0.15) is 5.15 Å². The number of rotatable bonds is 3. The molecule has 7 heteroatoms. The number of H-pyrrole nitrogens is 1. The molecule has 1 N–H and O–H groups in total. The second-order valence-corrected chi connectivity index (χ2v) is 4.38. The molecule has 96 valence electrons. The zero-order valence-corrected chi connectivity index (χ0v) is 10.9. The molecule has 0 aliphatic heterocycles. The monoisotopic (exact) mass is 268 g/mol. The fourth-order valence-corrected chi connectivity index (χ4v) is 2.00. The van der Waals surface area contributed by atoms with Crippen molar-refractivity contribution in [2.75, 3.05) is 0 Å². The van der Waals surface area contributed by atoms with Gasteiger partial charge in [-0.3, -0.25) is 19.0 Å². The smallest absolute Gasteiger partial charge is 0.298 e. The lowest BCUT2D eigenvalue weighted by Gasteiger charge is -2.03. The third-order valence-corrected chi connectivity index (χ3v) is 2.85. The van der Waals surface area contributed by atoms with Gasteiger partial charge in [-0.1, -0.05) is 18.5 Å². The molecule has 2 aromatic heterocycles. The van der Waals surface area contributed by atoms with E-state index in [9.17, 15) is 9.59 Å². The standard InChI is InChI=1S/C11H13ClN4O2/c1-3-8-7(5-15(2)14-8)6-16-10(17)4-9(12)13-11(16)18/h4-5H,3,6H2,1-2H3,(H,13,18). The molecule has 0 bridgehead atoms. The lowest BCUT2D eigenvalue weighted by atomic mass is 10.2. The summed E-state index contributed by atoms with van der Waals surface area (Å²) in [5, 5.41) is 4.31. The van der Waals surface area contributed by atoms with Crippen LogP contribution >= 0.6 is 11.6 Å². The number of halogens is 1. The van der Waals surface area contributed by atoms with Gasteiger partial charge < -0.3 is 0 Å². The van der Waals surface area contributed by atoms with Gasteiger partial charge in [0.15, 0.2) is 0 Å². The highest BCUT2D eigenvalue weighted by Gasteiger charge is 2.10. The summed E-state index contributed by atoms with van der Waals surface area (Å²) in [4.78, 5) is 25.8. The van der Waals surface area contributed by atoms with Crippen molar-refractivity contribution >= 4 is 11.6 Å². The topological polar surface area (TPSA) is 72.7 Å². The van der Waals surface area contributed by atoms with Crippen molar-refractivity contribution in [2.45, 2.75) is 19.9 Å². The molecule has 0 atom stereocenters. The average Bonchev–Trinajstić information content (AvgIpc) is 2.64. The third kappa shape index (κ3) is 2.38. The summed E-state index contributed by atoms with van der Waals surface area (Å²) in [6.07, 6.45) is 2.55. The highest BCUT2D eigenvalue weighted by atomic mass is 35.5. The number of hydrogen-bond acceptors (Lipinski definition) is 3. The van der Waals surface area contributed by atoms with Crippen LogP contribution in [-0.4, -0.2) is 19.3 Å². The molecule has 2 aromatic rings. The van der Waals surface area contributed by atoms with E-state index in [4.69, 9.17) is 11.6 Å². The van der Waals surface area contributed by atoms with Gasteiger partial charge in [-0.05, 0) is 6.42 Å². The Morgan fingerprint density at radius 3 is 2.78 bits per heavy atom. The predicted octanol–water partition coefficient (Wildman–Crippen LogP) is 0.534. The lowest BCUT2D eigenvalue weighted by Crippen LogP contribution is -2.34. The van der Waals surface area contributed by atoms with Crippen LogP contribution in [0.3, 0.4) is 0 Å². The Morgan fingerprint density at radius 2 is 2.17 bits per heavy atom. The first-order valence-corrected chi connectivity index (χ1v) is 5.90. The lowest BCUT2D eigenvalue weighted by molar-refractivity contribution is 0.693. The van der Waals surface area contributed by atoms with Crippen LogP contribution in [0.1, 0.15) is 18.2 Å². The minimum atomic E-state index is -0.515. The van der Waals surface area contributed by atoms with Crippen molar-refractivity contribution in [1.82, 2.24) is 19.3 Å². The summed E-state index contributed by atoms with van der Waals surface area (Å²) < 4.78 is 2.77. The Morgan fingerprint density at radius 1 is 1.44 bits per heavy atom. The molecule has 0 fully saturated rings. The first-order chi connectivity index (χ1) is 8.51. The van der Waals surface area contributed by atoms with Crippen LogP contribution in [0.5, 0.6) is 0 Å². The summed E-state index contributed by atoms with van der Waals surface area (Å²) in [5.41, 5.74) is 0.793. The molecule has 0 aromatic carbocycles. The summed E-state index contributed by atoms with van der Waals surface area (Å²) in [7, 11) is 1.80. The van der Waals surface area contributed by atoms with E-state index in [1.54, 1.807) is 17.9 Å². The second kappa shape index (κ2) is 4.81. The first kappa shape index (κ1) is 12.6. The summed E-state index contributed by atoms with van der Waals surface area (Å²) in [5.74, 6) is 0. The molecule has 0 unspecified atom stereocenters. The zero-order valence-electron chi connectivity index (χ0n) is 10.1. The van der Waals surface area contributed by atoms with Gasteiger partial charge in [0.2, 0.25) is 0 Å². The molecule has 0 aliphatic carbocycles. The van der Waals surface area contributed by atoms with Crippen molar-refractivity contribution in [1.29, 1.82) is 0 Å². The van der Waals surface area contributed by atoms with Crippen LogP contribution in [0.25, 0.3) is 0 Å². The van der Waals surface area contributed by atoms with Crippen LogP contribution < -0.4 is 11.2 Å². The largest absolute Gasteiger partial charge is 0.329 e. The molecule has 0 aliphatic rings. The quantitative estimate of drug-likeness (QED) is 0.826. The van der Waals surface area contributed by atoms with Crippen molar-refractivity contribution < 1.29 is 0 Å². The maximum atomic E-state index is 11.7. The Hall–Kier alpha value is -1.82. The Labute approximate surface area is 108 Å². The van der Waals surface area contributed by atoms with Crippen molar-refractivity contribution in [2.24, 2.45) is 7.05 Å². The number of hydrogen-bond donors (Lipinski definition) is 1. The van der Waals surface area contributed by atoms with Crippen molar-refractivity contribution in [3.63, 3.8) is 0 Å². The van der Waals surface area contributed by atoms with Gasteiger partial charge in [-0.2, -0.15) is 5.10 Å². The Kier molecular flexibility index (Phi) is 3.38. The summed E-state index contributed by atoms with van der Waals surface area (Å²) >= 11 is 5.60. The molecule has 0 radical (unpaired) electrons. The average molecular weight is 269 g/mol. The highest BCUT2D eigenvalue weighted by molar-refractivity contribution is 6.29. The summed E-state index contributed by atoms with van der Waals surface area (Å²) in [6.45, 7) is 2.17.